The molecule has 0 spiro atoms. The number of halogens is 3. The second-order valence-electron chi connectivity index (χ2n) is 9.07. The SMILES string of the molecule is CCOC[C@H](NC(=O)c1ccc(OC)nc1)[C@H]1CC[C@H](c2ccnc3ccc(C(F)(F)F)cc32)CC1. The number of alkyl halides is 3. The van der Waals surface area contributed by atoms with Crippen molar-refractivity contribution >= 4 is 16.8 Å². The summed E-state index contributed by atoms with van der Waals surface area (Å²) in [5, 5.41) is 3.66. The van der Waals surface area contributed by atoms with Gasteiger partial charge in [-0.2, -0.15) is 13.2 Å². The maximum atomic E-state index is 13.3. The van der Waals surface area contributed by atoms with Gasteiger partial charge in [0.2, 0.25) is 5.88 Å². The fourth-order valence-corrected chi connectivity index (χ4v) is 4.96. The molecule has 1 fully saturated rings. The average molecular weight is 502 g/mol. The first-order chi connectivity index (χ1) is 17.3. The number of benzene rings is 1. The normalized spacial score (nSPS) is 19.1. The number of aromatic nitrogens is 2. The molecule has 1 aromatic carbocycles. The lowest BCUT2D eigenvalue weighted by Gasteiger charge is -2.34. The minimum Gasteiger partial charge on any atom is -0.481 e. The van der Waals surface area contributed by atoms with Crippen molar-refractivity contribution in [3.8, 4) is 5.88 Å². The van der Waals surface area contributed by atoms with Crippen molar-refractivity contribution in [3.63, 3.8) is 0 Å². The summed E-state index contributed by atoms with van der Waals surface area (Å²) in [6.45, 7) is 2.84. The van der Waals surface area contributed by atoms with Crippen LogP contribution in [0.15, 0.2) is 48.8 Å². The van der Waals surface area contributed by atoms with Gasteiger partial charge in [0.05, 0.1) is 36.4 Å². The summed E-state index contributed by atoms with van der Waals surface area (Å²) < 4.78 is 50.7. The fraction of sp³-hybridized carbons (Fsp3) is 0.444. The zero-order valence-electron chi connectivity index (χ0n) is 20.3. The highest BCUT2D eigenvalue weighted by molar-refractivity contribution is 5.94. The minimum absolute atomic E-state index is 0.129. The Morgan fingerprint density at radius 1 is 1.11 bits per heavy atom. The Morgan fingerprint density at radius 3 is 2.53 bits per heavy atom. The zero-order chi connectivity index (χ0) is 25.7. The average Bonchev–Trinajstić information content (AvgIpc) is 2.90. The number of pyridine rings is 2. The van der Waals surface area contributed by atoms with Crippen LogP contribution in [0, 0.1) is 5.92 Å². The predicted octanol–water partition coefficient (Wildman–Crippen LogP) is 5.77. The smallest absolute Gasteiger partial charge is 0.416 e. The Balaban J connectivity index is 1.47. The molecule has 4 rings (SSSR count). The van der Waals surface area contributed by atoms with E-state index in [2.05, 4.69) is 15.3 Å². The number of nitrogens with zero attached hydrogens (tertiary/aromatic N) is 2. The summed E-state index contributed by atoms with van der Waals surface area (Å²) >= 11 is 0. The van der Waals surface area contributed by atoms with Gasteiger partial charge in [0, 0.05) is 30.5 Å². The van der Waals surface area contributed by atoms with Crippen LogP contribution in [0.25, 0.3) is 10.9 Å². The van der Waals surface area contributed by atoms with E-state index < -0.39 is 11.7 Å². The van der Waals surface area contributed by atoms with Gasteiger partial charge in [0.1, 0.15) is 0 Å². The largest absolute Gasteiger partial charge is 0.481 e. The van der Waals surface area contributed by atoms with Gasteiger partial charge < -0.3 is 14.8 Å². The third-order valence-corrected chi connectivity index (χ3v) is 6.91. The van der Waals surface area contributed by atoms with Crippen molar-refractivity contribution in [2.24, 2.45) is 5.92 Å². The third kappa shape index (κ3) is 5.95. The first-order valence-corrected chi connectivity index (χ1v) is 12.1. The monoisotopic (exact) mass is 501 g/mol. The van der Waals surface area contributed by atoms with Gasteiger partial charge in [-0.1, -0.05) is 0 Å². The first-order valence-electron chi connectivity index (χ1n) is 12.1. The maximum absolute atomic E-state index is 13.3. The molecule has 1 N–H and O–H groups in total. The number of nitrogens with one attached hydrogen (secondary N) is 1. The van der Waals surface area contributed by atoms with Crippen LogP contribution < -0.4 is 10.1 Å². The first kappa shape index (κ1) is 25.9. The van der Waals surface area contributed by atoms with E-state index in [-0.39, 0.29) is 23.8 Å². The molecule has 36 heavy (non-hydrogen) atoms. The van der Waals surface area contributed by atoms with E-state index in [9.17, 15) is 18.0 Å². The van der Waals surface area contributed by atoms with E-state index >= 15 is 0 Å². The number of hydrogen-bond acceptors (Lipinski definition) is 5. The van der Waals surface area contributed by atoms with Crippen molar-refractivity contribution in [2.75, 3.05) is 20.3 Å². The molecule has 0 bridgehead atoms. The van der Waals surface area contributed by atoms with Crippen molar-refractivity contribution in [2.45, 2.75) is 50.7 Å². The quantitative estimate of drug-likeness (QED) is 0.425. The Bertz CT molecular complexity index is 1180. The molecule has 0 unspecified atom stereocenters. The van der Waals surface area contributed by atoms with Crippen molar-refractivity contribution in [3.05, 3.63) is 65.5 Å². The number of rotatable bonds is 8. The van der Waals surface area contributed by atoms with Crippen LogP contribution >= 0.6 is 0 Å². The molecule has 0 aliphatic heterocycles. The number of amides is 1. The van der Waals surface area contributed by atoms with Gasteiger partial charge in [0.25, 0.3) is 5.91 Å². The van der Waals surface area contributed by atoms with Crippen LogP contribution in [0.4, 0.5) is 13.2 Å². The van der Waals surface area contributed by atoms with Crippen LogP contribution in [-0.4, -0.2) is 42.2 Å². The number of methoxy groups -OCH3 is 1. The summed E-state index contributed by atoms with van der Waals surface area (Å²) in [5.41, 5.74) is 1.25. The predicted molar refractivity (Wildman–Crippen MR) is 130 cm³/mol. The molecule has 6 nitrogen and oxygen atoms in total. The molecule has 1 atom stereocenters. The molecule has 3 aromatic rings. The van der Waals surface area contributed by atoms with Gasteiger partial charge >= 0.3 is 6.18 Å². The van der Waals surface area contributed by atoms with E-state index in [0.717, 1.165) is 37.3 Å². The molecule has 0 saturated heterocycles. The molecular formula is C27H30F3N3O3. The molecule has 2 aromatic heterocycles. The third-order valence-electron chi connectivity index (χ3n) is 6.91. The lowest BCUT2D eigenvalue weighted by atomic mass is 9.75. The summed E-state index contributed by atoms with van der Waals surface area (Å²) in [7, 11) is 1.51. The highest BCUT2D eigenvalue weighted by Crippen LogP contribution is 2.40. The van der Waals surface area contributed by atoms with Crippen molar-refractivity contribution in [1.82, 2.24) is 15.3 Å². The molecule has 1 aliphatic carbocycles. The van der Waals surface area contributed by atoms with E-state index in [4.69, 9.17) is 9.47 Å². The molecule has 1 saturated carbocycles. The van der Waals surface area contributed by atoms with Crippen LogP contribution in [0.5, 0.6) is 5.88 Å². The highest BCUT2D eigenvalue weighted by atomic mass is 19.4. The fourth-order valence-electron chi connectivity index (χ4n) is 4.96. The lowest BCUT2D eigenvalue weighted by Crippen LogP contribution is -2.44. The van der Waals surface area contributed by atoms with E-state index in [0.29, 0.717) is 35.6 Å². The molecule has 2 heterocycles. The Labute approximate surface area is 208 Å². The zero-order valence-corrected chi connectivity index (χ0v) is 20.3. The summed E-state index contributed by atoms with van der Waals surface area (Å²) in [6.07, 6.45) is 2.01. The number of fused-ring (bicyclic) bond motifs is 1. The molecule has 1 aliphatic rings. The summed E-state index contributed by atoms with van der Waals surface area (Å²) in [6, 6.07) is 8.70. The Hall–Kier alpha value is -3.20. The van der Waals surface area contributed by atoms with Gasteiger partial charge in [0.15, 0.2) is 0 Å². The number of ether oxygens (including phenoxy) is 2. The van der Waals surface area contributed by atoms with E-state index in [1.54, 1.807) is 18.3 Å². The molecular weight excluding hydrogens is 471 g/mol. The maximum Gasteiger partial charge on any atom is 0.416 e. The number of hydrogen-bond donors (Lipinski definition) is 1. The second kappa shape index (κ2) is 11.2. The van der Waals surface area contributed by atoms with E-state index in [1.165, 1.54) is 25.4 Å². The Morgan fingerprint density at radius 2 is 1.89 bits per heavy atom. The van der Waals surface area contributed by atoms with Crippen molar-refractivity contribution in [1.29, 1.82) is 0 Å². The van der Waals surface area contributed by atoms with Crippen LogP contribution in [-0.2, 0) is 10.9 Å². The molecule has 0 radical (unpaired) electrons. The topological polar surface area (TPSA) is 73.3 Å². The molecule has 192 valence electrons. The second-order valence-corrected chi connectivity index (χ2v) is 9.07. The molecule has 9 heteroatoms. The van der Waals surface area contributed by atoms with Crippen molar-refractivity contribution < 1.29 is 27.4 Å². The van der Waals surface area contributed by atoms with E-state index in [1.807, 2.05) is 13.0 Å². The van der Waals surface area contributed by atoms with Gasteiger partial charge in [-0.3, -0.25) is 9.78 Å². The van der Waals surface area contributed by atoms with Gasteiger partial charge in [-0.15, -0.1) is 0 Å². The van der Waals surface area contributed by atoms with Crippen LogP contribution in [0.1, 0.15) is 60.0 Å². The van der Waals surface area contributed by atoms with Gasteiger partial charge in [-0.05, 0) is 80.3 Å². The Kier molecular flexibility index (Phi) is 8.08. The molecule has 1 amide bonds. The van der Waals surface area contributed by atoms with Crippen LogP contribution in [0.3, 0.4) is 0 Å². The van der Waals surface area contributed by atoms with Gasteiger partial charge in [-0.25, -0.2) is 4.98 Å². The summed E-state index contributed by atoms with van der Waals surface area (Å²) in [5.74, 6) is 0.532. The number of carbonyl (C=O) groups is 1. The number of carbonyl (C=O) groups excluding carboxylic acids is 1. The highest BCUT2D eigenvalue weighted by Gasteiger charge is 2.33. The lowest BCUT2D eigenvalue weighted by molar-refractivity contribution is -0.137. The minimum atomic E-state index is -4.40. The summed E-state index contributed by atoms with van der Waals surface area (Å²) in [4.78, 5) is 21.2. The van der Waals surface area contributed by atoms with Crippen LogP contribution in [0.2, 0.25) is 0 Å². The standard InChI is InChI=1S/C27H30F3N3O3/c1-3-36-16-24(33-26(34)19-8-11-25(35-2)32-15-19)18-6-4-17(5-7-18)21-12-13-31-23-10-9-20(14-22(21)23)27(28,29)30/h8-15,17-18,24H,3-7,16H2,1-2H3,(H,33,34)/t17-,18-,24-/m0/s1.